The smallest absolute Gasteiger partial charge is 0.271 e. The average molecular weight is 253 g/mol. The van der Waals surface area contributed by atoms with Crippen molar-refractivity contribution in [2.24, 2.45) is 7.05 Å². The van der Waals surface area contributed by atoms with Gasteiger partial charge in [-0.25, -0.2) is 0 Å². The SMILES string of the molecule is CCc1nn(C)c(C(=O)NCCC(=O)NC)c1N. The Labute approximate surface area is 106 Å². The van der Waals surface area contributed by atoms with Crippen LogP contribution in [0, 0.1) is 0 Å². The molecule has 0 aliphatic rings. The molecule has 7 nitrogen and oxygen atoms in total. The first-order valence-corrected chi connectivity index (χ1v) is 5.81. The summed E-state index contributed by atoms with van der Waals surface area (Å²) in [6, 6.07) is 0. The van der Waals surface area contributed by atoms with Gasteiger partial charge >= 0.3 is 0 Å². The number of nitrogens with zero attached hydrogens (tertiary/aromatic N) is 2. The van der Waals surface area contributed by atoms with E-state index in [1.165, 1.54) is 4.68 Å². The van der Waals surface area contributed by atoms with Crippen molar-refractivity contribution in [2.75, 3.05) is 19.3 Å². The first-order chi connectivity index (χ1) is 8.51. The molecule has 2 amide bonds. The third-order valence-corrected chi connectivity index (χ3v) is 2.63. The number of anilines is 1. The van der Waals surface area contributed by atoms with Crippen LogP contribution in [0.3, 0.4) is 0 Å². The largest absolute Gasteiger partial charge is 0.395 e. The maximum Gasteiger partial charge on any atom is 0.271 e. The molecule has 0 aliphatic carbocycles. The Kier molecular flexibility index (Phi) is 4.70. The normalized spacial score (nSPS) is 10.2. The summed E-state index contributed by atoms with van der Waals surface area (Å²) < 4.78 is 1.46. The number of carbonyl (C=O) groups excluding carboxylic acids is 2. The van der Waals surface area contributed by atoms with Crippen LogP contribution in [0.25, 0.3) is 0 Å². The molecule has 18 heavy (non-hydrogen) atoms. The Bertz CT molecular complexity index is 453. The highest BCUT2D eigenvalue weighted by Crippen LogP contribution is 2.16. The summed E-state index contributed by atoms with van der Waals surface area (Å²) in [6.45, 7) is 2.19. The lowest BCUT2D eigenvalue weighted by atomic mass is 10.2. The molecular formula is C11H19N5O2. The van der Waals surface area contributed by atoms with Gasteiger partial charge in [-0.1, -0.05) is 6.92 Å². The average Bonchev–Trinajstić information content (AvgIpc) is 2.63. The quantitative estimate of drug-likeness (QED) is 0.654. The van der Waals surface area contributed by atoms with Crippen molar-refractivity contribution in [2.45, 2.75) is 19.8 Å². The zero-order chi connectivity index (χ0) is 13.7. The lowest BCUT2D eigenvalue weighted by molar-refractivity contribution is -0.120. The molecule has 0 fully saturated rings. The van der Waals surface area contributed by atoms with Gasteiger partial charge in [0, 0.05) is 27.1 Å². The van der Waals surface area contributed by atoms with Gasteiger partial charge in [-0.3, -0.25) is 14.3 Å². The lowest BCUT2D eigenvalue weighted by Crippen LogP contribution is -2.30. The number of aryl methyl sites for hydroxylation is 2. The van der Waals surface area contributed by atoms with Gasteiger partial charge in [0.25, 0.3) is 5.91 Å². The molecule has 0 bridgehead atoms. The Morgan fingerprint density at radius 2 is 2.11 bits per heavy atom. The summed E-state index contributed by atoms with van der Waals surface area (Å²) in [6.07, 6.45) is 0.909. The Hall–Kier alpha value is -2.05. The van der Waals surface area contributed by atoms with Crippen molar-refractivity contribution in [3.05, 3.63) is 11.4 Å². The first kappa shape index (κ1) is 14.0. The fourth-order valence-corrected chi connectivity index (χ4v) is 1.62. The molecule has 4 N–H and O–H groups in total. The number of rotatable bonds is 5. The number of carbonyl (C=O) groups is 2. The highest BCUT2D eigenvalue weighted by molar-refractivity contribution is 5.98. The van der Waals surface area contributed by atoms with Crippen LogP contribution in [0.2, 0.25) is 0 Å². The number of hydrogen-bond donors (Lipinski definition) is 3. The van der Waals surface area contributed by atoms with E-state index in [2.05, 4.69) is 15.7 Å². The van der Waals surface area contributed by atoms with Crippen molar-refractivity contribution in [1.29, 1.82) is 0 Å². The molecule has 0 aliphatic heterocycles. The molecule has 0 radical (unpaired) electrons. The Balaban J connectivity index is 2.67. The molecule has 100 valence electrons. The van der Waals surface area contributed by atoms with Gasteiger partial charge in [0.05, 0.1) is 11.4 Å². The second-order valence-corrected chi connectivity index (χ2v) is 3.87. The molecule has 0 saturated carbocycles. The number of nitrogens with two attached hydrogens (primary N) is 1. The molecule has 1 heterocycles. The molecule has 0 atom stereocenters. The van der Waals surface area contributed by atoms with Crippen LogP contribution < -0.4 is 16.4 Å². The molecule has 0 saturated heterocycles. The van der Waals surface area contributed by atoms with Gasteiger partial charge < -0.3 is 16.4 Å². The zero-order valence-corrected chi connectivity index (χ0v) is 10.9. The van der Waals surface area contributed by atoms with Crippen LogP contribution in [-0.2, 0) is 18.3 Å². The van der Waals surface area contributed by atoms with E-state index in [9.17, 15) is 9.59 Å². The van der Waals surface area contributed by atoms with Gasteiger partial charge in [0.1, 0.15) is 5.69 Å². The molecule has 0 spiro atoms. The van der Waals surface area contributed by atoms with Gasteiger partial charge in [0.2, 0.25) is 5.91 Å². The highest BCUT2D eigenvalue weighted by atomic mass is 16.2. The second kappa shape index (κ2) is 6.04. The minimum absolute atomic E-state index is 0.123. The predicted molar refractivity (Wildman–Crippen MR) is 68.0 cm³/mol. The topological polar surface area (TPSA) is 102 Å². The van der Waals surface area contributed by atoms with Crippen molar-refractivity contribution in [3.63, 3.8) is 0 Å². The number of amides is 2. The van der Waals surface area contributed by atoms with Crippen LogP contribution in [0.5, 0.6) is 0 Å². The van der Waals surface area contributed by atoms with Gasteiger partial charge in [0.15, 0.2) is 0 Å². The van der Waals surface area contributed by atoms with Gasteiger partial charge in [-0.2, -0.15) is 5.10 Å². The summed E-state index contributed by atoms with van der Waals surface area (Å²) in [5.74, 6) is -0.436. The van der Waals surface area contributed by atoms with E-state index in [4.69, 9.17) is 5.73 Å². The van der Waals surface area contributed by atoms with Crippen molar-refractivity contribution in [1.82, 2.24) is 20.4 Å². The summed E-state index contributed by atoms with van der Waals surface area (Å²) >= 11 is 0. The zero-order valence-electron chi connectivity index (χ0n) is 10.9. The Morgan fingerprint density at radius 1 is 1.44 bits per heavy atom. The molecule has 0 unspecified atom stereocenters. The highest BCUT2D eigenvalue weighted by Gasteiger charge is 2.18. The van der Waals surface area contributed by atoms with Crippen molar-refractivity contribution < 1.29 is 9.59 Å². The molecular weight excluding hydrogens is 234 g/mol. The number of nitrogen functional groups attached to an aromatic ring is 1. The standard InChI is InChI=1S/C11H19N5O2/c1-4-7-9(12)10(16(3)15-7)11(18)14-6-5-8(17)13-2/h4-6,12H2,1-3H3,(H,13,17)(H,14,18). The van der Waals surface area contributed by atoms with Crippen LogP contribution >= 0.6 is 0 Å². The third kappa shape index (κ3) is 2.99. The van der Waals surface area contributed by atoms with Crippen molar-refractivity contribution >= 4 is 17.5 Å². The van der Waals surface area contributed by atoms with E-state index in [0.29, 0.717) is 23.5 Å². The summed E-state index contributed by atoms with van der Waals surface area (Å²) in [5, 5.41) is 9.29. The maximum atomic E-state index is 11.9. The van der Waals surface area contributed by atoms with Crippen LogP contribution in [0.1, 0.15) is 29.5 Å². The summed E-state index contributed by atoms with van der Waals surface area (Å²) in [4.78, 5) is 22.9. The number of hydrogen-bond acceptors (Lipinski definition) is 4. The first-order valence-electron chi connectivity index (χ1n) is 5.81. The number of aromatic nitrogens is 2. The van der Waals surface area contributed by atoms with E-state index in [1.54, 1.807) is 14.1 Å². The fourth-order valence-electron chi connectivity index (χ4n) is 1.62. The van der Waals surface area contributed by atoms with Crippen LogP contribution in [0.4, 0.5) is 5.69 Å². The van der Waals surface area contributed by atoms with E-state index in [0.717, 1.165) is 0 Å². The molecule has 0 aromatic carbocycles. The molecule has 1 aromatic heterocycles. The number of nitrogens with one attached hydrogen (secondary N) is 2. The van der Waals surface area contributed by atoms with E-state index in [-0.39, 0.29) is 24.8 Å². The molecule has 1 aromatic rings. The predicted octanol–water partition coefficient (Wildman–Crippen LogP) is -0.569. The maximum absolute atomic E-state index is 11.9. The van der Waals surface area contributed by atoms with E-state index >= 15 is 0 Å². The van der Waals surface area contributed by atoms with E-state index in [1.807, 2.05) is 6.92 Å². The minimum Gasteiger partial charge on any atom is -0.395 e. The van der Waals surface area contributed by atoms with E-state index < -0.39 is 0 Å². The fraction of sp³-hybridized carbons (Fsp3) is 0.545. The third-order valence-electron chi connectivity index (χ3n) is 2.63. The minimum atomic E-state index is -0.314. The van der Waals surface area contributed by atoms with Gasteiger partial charge in [-0.05, 0) is 6.42 Å². The van der Waals surface area contributed by atoms with Crippen LogP contribution in [0.15, 0.2) is 0 Å². The monoisotopic (exact) mass is 253 g/mol. The van der Waals surface area contributed by atoms with Crippen molar-refractivity contribution in [3.8, 4) is 0 Å². The lowest BCUT2D eigenvalue weighted by Gasteiger charge is -2.05. The van der Waals surface area contributed by atoms with Gasteiger partial charge in [-0.15, -0.1) is 0 Å². The van der Waals surface area contributed by atoms with Crippen LogP contribution in [-0.4, -0.2) is 35.2 Å². The molecule has 1 rings (SSSR count). The second-order valence-electron chi connectivity index (χ2n) is 3.87. The molecule has 7 heteroatoms. The summed E-state index contributed by atoms with van der Waals surface area (Å²) in [7, 11) is 3.22. The Morgan fingerprint density at radius 3 is 2.61 bits per heavy atom. The summed E-state index contributed by atoms with van der Waals surface area (Å²) in [5.41, 5.74) is 7.29.